The van der Waals surface area contributed by atoms with Crippen molar-refractivity contribution in [2.45, 2.75) is 51.9 Å². The monoisotopic (exact) mass is 344 g/mol. The Kier molecular flexibility index (Phi) is 4.00. The molecule has 0 saturated heterocycles. The molecule has 0 heterocycles. The Hall–Kier alpha value is -0.312. The van der Waals surface area contributed by atoms with Gasteiger partial charge in [0.2, 0.25) is 0 Å². The first-order valence-corrected chi connectivity index (χ1v) is 9.97. The van der Waals surface area contributed by atoms with Gasteiger partial charge in [-0.25, -0.2) is 0 Å². The zero-order chi connectivity index (χ0) is 14.4. The average molecular weight is 344 g/mol. The first kappa shape index (κ1) is 14.6. The van der Waals surface area contributed by atoms with Crippen LogP contribution in [0.2, 0.25) is 0 Å². The van der Waals surface area contributed by atoms with Gasteiger partial charge in [-0.2, -0.15) is 0 Å². The van der Waals surface area contributed by atoms with E-state index in [1.807, 2.05) is 0 Å². The normalized spacial score (nSPS) is 14.2. The predicted molar refractivity (Wildman–Crippen MR) is 93.6 cm³/mol. The summed E-state index contributed by atoms with van der Waals surface area (Å²) in [6.07, 6.45) is 2.45. The molecular weight excluding hydrogens is 322 g/mol. The van der Waals surface area contributed by atoms with E-state index in [0.717, 1.165) is 11.3 Å². The minimum atomic E-state index is -0.0968. The van der Waals surface area contributed by atoms with Crippen molar-refractivity contribution >= 4 is 45.2 Å². The molecular formula is C18H22AsP. The maximum atomic E-state index is 2.80. The van der Waals surface area contributed by atoms with E-state index in [4.69, 9.17) is 0 Å². The molecule has 3 rings (SSSR count). The van der Waals surface area contributed by atoms with E-state index in [9.17, 15) is 0 Å². The zero-order valence-electron chi connectivity index (χ0n) is 12.8. The van der Waals surface area contributed by atoms with Gasteiger partial charge in [-0.05, 0) is 0 Å². The maximum absolute atomic E-state index is 2.80. The van der Waals surface area contributed by atoms with Gasteiger partial charge >= 0.3 is 132 Å². The van der Waals surface area contributed by atoms with Crippen LogP contribution in [-0.2, 0) is 12.8 Å². The molecule has 2 aromatic carbocycles. The molecule has 2 aromatic rings. The number of aryl methyl sites for hydroxylation is 2. The Bertz CT molecular complexity index is 640. The van der Waals surface area contributed by atoms with Gasteiger partial charge < -0.3 is 0 Å². The van der Waals surface area contributed by atoms with Crippen LogP contribution in [0.1, 0.15) is 38.8 Å². The Morgan fingerprint density at radius 3 is 1.95 bits per heavy atom. The summed E-state index contributed by atoms with van der Waals surface area (Å²) in [4.78, 5) is 0. The fourth-order valence-electron chi connectivity index (χ4n) is 3.66. The van der Waals surface area contributed by atoms with Crippen molar-refractivity contribution < 1.29 is 0 Å². The summed E-state index contributed by atoms with van der Waals surface area (Å²) in [6, 6.07) is 9.49. The molecule has 104 valence electrons. The van der Waals surface area contributed by atoms with Gasteiger partial charge in [-0.15, -0.1) is 0 Å². The van der Waals surface area contributed by atoms with Crippen molar-refractivity contribution in [2.75, 3.05) is 0 Å². The molecule has 2 heteroatoms. The number of hydrogen-bond donors (Lipinski definition) is 0. The van der Waals surface area contributed by atoms with Crippen LogP contribution in [-0.4, -0.2) is 28.2 Å². The van der Waals surface area contributed by atoms with E-state index < -0.39 is 0 Å². The summed E-state index contributed by atoms with van der Waals surface area (Å²) in [5.41, 5.74) is 4.62. The second-order valence-corrected chi connectivity index (χ2v) is 10.7. The molecule has 0 aromatic heterocycles. The van der Waals surface area contributed by atoms with Crippen LogP contribution in [0.25, 0.3) is 10.8 Å². The molecule has 20 heavy (non-hydrogen) atoms. The standard InChI is InChI=1S/C18H22AsP/c1-11(2)20(12(3)4)16-10-8-14-6-5-13-7-9-15(19)18(16)17(13)14/h7-12H,5-6H2,1-4H3. The summed E-state index contributed by atoms with van der Waals surface area (Å²) in [5, 5.41) is 4.77. The van der Waals surface area contributed by atoms with Crippen molar-refractivity contribution in [3.63, 3.8) is 0 Å². The van der Waals surface area contributed by atoms with Gasteiger partial charge in [0.1, 0.15) is 0 Å². The second-order valence-electron chi connectivity index (χ2n) is 6.33. The van der Waals surface area contributed by atoms with Gasteiger partial charge in [-0.3, -0.25) is 0 Å². The van der Waals surface area contributed by atoms with E-state index in [-0.39, 0.29) is 7.92 Å². The first-order chi connectivity index (χ1) is 9.50. The molecule has 0 unspecified atom stereocenters. The summed E-state index contributed by atoms with van der Waals surface area (Å²) in [7, 11) is -0.0968. The Morgan fingerprint density at radius 2 is 1.40 bits per heavy atom. The van der Waals surface area contributed by atoms with E-state index >= 15 is 0 Å². The molecule has 0 amide bonds. The fraction of sp³-hybridized carbons (Fsp3) is 0.444. The third-order valence-electron chi connectivity index (χ3n) is 4.34. The van der Waals surface area contributed by atoms with Crippen LogP contribution in [0, 0.1) is 0 Å². The van der Waals surface area contributed by atoms with E-state index in [0.29, 0.717) is 0 Å². The predicted octanol–water partition coefficient (Wildman–Crippen LogP) is 3.66. The fourth-order valence-corrected chi connectivity index (χ4v) is 7.54. The van der Waals surface area contributed by atoms with Crippen molar-refractivity contribution in [1.82, 2.24) is 0 Å². The minimum absolute atomic E-state index is 0.0968. The average Bonchev–Trinajstić information content (AvgIpc) is 2.78. The number of hydrogen-bond acceptors (Lipinski definition) is 0. The van der Waals surface area contributed by atoms with Crippen LogP contribution in [0.4, 0.5) is 0 Å². The van der Waals surface area contributed by atoms with Crippen molar-refractivity contribution in [3.8, 4) is 0 Å². The third-order valence-corrected chi connectivity index (χ3v) is 8.28. The second kappa shape index (κ2) is 5.47. The Labute approximate surface area is 132 Å². The molecule has 1 aliphatic rings. The Morgan fingerprint density at radius 1 is 0.850 bits per heavy atom. The molecule has 0 spiro atoms. The Balaban J connectivity index is 2.33. The molecule has 0 fully saturated rings. The molecule has 0 N–H and O–H groups in total. The molecule has 1 aliphatic carbocycles. The third kappa shape index (κ3) is 2.26. The van der Waals surface area contributed by atoms with E-state index in [2.05, 4.69) is 68.8 Å². The molecule has 2 radical (unpaired) electrons. The van der Waals surface area contributed by atoms with Gasteiger partial charge in [-0.1, -0.05) is 0 Å². The first-order valence-electron chi connectivity index (χ1n) is 7.55. The molecule has 0 saturated carbocycles. The summed E-state index contributed by atoms with van der Waals surface area (Å²) < 4.78 is 1.41. The number of rotatable bonds is 3. The quantitative estimate of drug-likeness (QED) is 0.589. The van der Waals surface area contributed by atoms with Gasteiger partial charge in [0.15, 0.2) is 0 Å². The van der Waals surface area contributed by atoms with Crippen LogP contribution >= 0.6 is 7.92 Å². The summed E-state index contributed by atoms with van der Waals surface area (Å²) >= 11 is 2.80. The van der Waals surface area contributed by atoms with Crippen molar-refractivity contribution in [1.29, 1.82) is 0 Å². The van der Waals surface area contributed by atoms with Crippen molar-refractivity contribution in [3.05, 3.63) is 35.4 Å². The zero-order valence-corrected chi connectivity index (χ0v) is 15.5. The van der Waals surface area contributed by atoms with Crippen LogP contribution in [0.3, 0.4) is 0 Å². The van der Waals surface area contributed by atoms with Gasteiger partial charge in [0.25, 0.3) is 0 Å². The molecule has 0 atom stereocenters. The summed E-state index contributed by atoms with van der Waals surface area (Å²) in [6.45, 7) is 9.55. The summed E-state index contributed by atoms with van der Waals surface area (Å²) in [5.74, 6) is 0. The van der Waals surface area contributed by atoms with Crippen LogP contribution in [0.5, 0.6) is 0 Å². The van der Waals surface area contributed by atoms with E-state index in [1.165, 1.54) is 17.2 Å². The van der Waals surface area contributed by atoms with Crippen LogP contribution in [0.15, 0.2) is 24.3 Å². The van der Waals surface area contributed by atoms with Gasteiger partial charge in [0, 0.05) is 0 Å². The molecule has 0 aliphatic heterocycles. The van der Waals surface area contributed by atoms with Crippen LogP contribution < -0.4 is 9.66 Å². The van der Waals surface area contributed by atoms with Gasteiger partial charge in [0.05, 0.1) is 0 Å². The van der Waals surface area contributed by atoms with E-state index in [1.54, 1.807) is 27.2 Å². The molecule has 0 bridgehead atoms. The SMILES string of the molecule is CC(C)P(c1ccc2c3c(ccc([As])c13)CC2)C(C)C. The van der Waals surface area contributed by atoms with Crippen molar-refractivity contribution in [2.24, 2.45) is 0 Å². The molecule has 0 nitrogen and oxygen atoms in total. The number of benzene rings is 2. The topological polar surface area (TPSA) is 0 Å².